The molecule has 0 atom stereocenters. The number of carbonyl (C=O) groups excluding carboxylic acids is 1. The number of rotatable bonds is 4. The molecule has 0 heterocycles. The fourth-order valence-electron chi connectivity index (χ4n) is 2.58. The maximum Gasteiger partial charge on any atom is 0.257 e. The summed E-state index contributed by atoms with van der Waals surface area (Å²) in [4.78, 5) is 14.2. The zero-order valence-corrected chi connectivity index (χ0v) is 12.1. The molecule has 1 aromatic carbocycles. The van der Waals surface area contributed by atoms with Crippen LogP contribution in [0.3, 0.4) is 0 Å². The summed E-state index contributed by atoms with van der Waals surface area (Å²) >= 11 is 11.5. The highest BCUT2D eigenvalue weighted by Gasteiger charge is 2.28. The first-order chi connectivity index (χ1) is 9.15. The van der Waals surface area contributed by atoms with Gasteiger partial charge in [0, 0.05) is 18.5 Å². The maximum absolute atomic E-state index is 13.9. The Hall–Kier alpha value is -0.800. The number of amides is 1. The molecule has 2 rings (SSSR count). The van der Waals surface area contributed by atoms with Crippen LogP contribution in [0.5, 0.6) is 0 Å². The average Bonchev–Trinajstić information content (AvgIpc) is 2.92. The SMILES string of the molecule is O=C(c1cccc(Cl)c1F)N(CCCl)C1CCCC1. The van der Waals surface area contributed by atoms with Crippen molar-refractivity contribution in [2.24, 2.45) is 0 Å². The summed E-state index contributed by atoms with van der Waals surface area (Å²) < 4.78 is 13.9. The summed E-state index contributed by atoms with van der Waals surface area (Å²) in [5.74, 6) is -0.607. The lowest BCUT2D eigenvalue weighted by atomic mass is 10.1. The molecule has 1 amide bonds. The molecule has 1 fully saturated rings. The second-order valence-electron chi connectivity index (χ2n) is 4.73. The minimum atomic E-state index is -0.647. The van der Waals surface area contributed by atoms with E-state index in [0.717, 1.165) is 25.7 Å². The van der Waals surface area contributed by atoms with Crippen LogP contribution >= 0.6 is 23.2 Å². The van der Waals surface area contributed by atoms with Crippen molar-refractivity contribution in [1.29, 1.82) is 0 Å². The first-order valence-electron chi connectivity index (χ1n) is 6.46. The molecule has 1 saturated carbocycles. The van der Waals surface area contributed by atoms with Gasteiger partial charge in [-0.05, 0) is 25.0 Å². The van der Waals surface area contributed by atoms with Crippen molar-refractivity contribution in [2.75, 3.05) is 12.4 Å². The number of hydrogen-bond acceptors (Lipinski definition) is 1. The Balaban J connectivity index is 2.25. The van der Waals surface area contributed by atoms with Gasteiger partial charge in [0.25, 0.3) is 5.91 Å². The Bertz CT molecular complexity index is 461. The van der Waals surface area contributed by atoms with Gasteiger partial charge in [0.1, 0.15) is 0 Å². The fourth-order valence-corrected chi connectivity index (χ4v) is 2.94. The average molecular weight is 304 g/mol. The largest absolute Gasteiger partial charge is 0.334 e. The highest BCUT2D eigenvalue weighted by Crippen LogP contribution is 2.26. The van der Waals surface area contributed by atoms with E-state index in [1.807, 2.05) is 0 Å². The second kappa shape index (κ2) is 6.58. The minimum absolute atomic E-state index is 0.0249. The summed E-state index contributed by atoms with van der Waals surface area (Å²) in [6.45, 7) is 0.441. The molecule has 0 aromatic heterocycles. The third-order valence-electron chi connectivity index (χ3n) is 3.53. The number of carbonyl (C=O) groups is 1. The molecule has 0 radical (unpaired) electrons. The van der Waals surface area contributed by atoms with Gasteiger partial charge in [0.05, 0.1) is 10.6 Å². The molecule has 104 valence electrons. The standard InChI is InChI=1S/C14H16Cl2FNO/c15-8-9-18(10-4-1-2-5-10)14(19)11-6-3-7-12(16)13(11)17/h3,6-7,10H,1-2,4-5,8-9H2. The van der Waals surface area contributed by atoms with Gasteiger partial charge in [-0.2, -0.15) is 0 Å². The third kappa shape index (κ3) is 3.21. The van der Waals surface area contributed by atoms with Crippen molar-refractivity contribution in [2.45, 2.75) is 31.7 Å². The van der Waals surface area contributed by atoms with Gasteiger partial charge in [0.2, 0.25) is 0 Å². The van der Waals surface area contributed by atoms with Gasteiger partial charge in [-0.3, -0.25) is 4.79 Å². The Morgan fingerprint density at radius 1 is 1.37 bits per heavy atom. The number of alkyl halides is 1. The highest BCUT2D eigenvalue weighted by atomic mass is 35.5. The molecule has 5 heteroatoms. The van der Waals surface area contributed by atoms with Gasteiger partial charge in [0.15, 0.2) is 5.82 Å². The van der Waals surface area contributed by atoms with E-state index in [2.05, 4.69) is 0 Å². The van der Waals surface area contributed by atoms with Crippen molar-refractivity contribution in [3.8, 4) is 0 Å². The molecule has 1 aliphatic carbocycles. The van der Waals surface area contributed by atoms with Gasteiger partial charge < -0.3 is 4.90 Å². The zero-order chi connectivity index (χ0) is 13.8. The number of hydrogen-bond donors (Lipinski definition) is 0. The number of benzene rings is 1. The molecule has 19 heavy (non-hydrogen) atoms. The lowest BCUT2D eigenvalue weighted by Crippen LogP contribution is -2.40. The van der Waals surface area contributed by atoms with Crippen LogP contribution in [0, 0.1) is 5.82 Å². The van der Waals surface area contributed by atoms with E-state index in [1.165, 1.54) is 12.1 Å². The molecule has 1 aromatic rings. The molecule has 2 nitrogen and oxygen atoms in total. The van der Waals surface area contributed by atoms with Crippen LogP contribution in [-0.4, -0.2) is 29.3 Å². The quantitative estimate of drug-likeness (QED) is 0.767. The second-order valence-corrected chi connectivity index (χ2v) is 5.51. The van der Waals surface area contributed by atoms with Crippen molar-refractivity contribution in [1.82, 2.24) is 4.90 Å². The first-order valence-corrected chi connectivity index (χ1v) is 7.37. The van der Waals surface area contributed by atoms with E-state index in [-0.39, 0.29) is 22.5 Å². The van der Waals surface area contributed by atoms with Crippen LogP contribution in [0.2, 0.25) is 5.02 Å². The van der Waals surface area contributed by atoms with Crippen molar-refractivity contribution < 1.29 is 9.18 Å². The fraction of sp³-hybridized carbons (Fsp3) is 0.500. The molecule has 0 unspecified atom stereocenters. The number of nitrogens with zero attached hydrogens (tertiary/aromatic N) is 1. The molecule has 0 saturated heterocycles. The summed E-state index contributed by atoms with van der Waals surface area (Å²) in [7, 11) is 0. The summed E-state index contributed by atoms with van der Waals surface area (Å²) in [6, 6.07) is 4.67. The molecule has 0 spiro atoms. The lowest BCUT2D eigenvalue weighted by molar-refractivity contribution is 0.0690. The molecular formula is C14H16Cl2FNO. The topological polar surface area (TPSA) is 20.3 Å². The van der Waals surface area contributed by atoms with E-state index in [0.29, 0.717) is 12.4 Å². The van der Waals surface area contributed by atoms with E-state index < -0.39 is 5.82 Å². The van der Waals surface area contributed by atoms with Crippen molar-refractivity contribution in [3.63, 3.8) is 0 Å². The predicted octanol–water partition coefficient (Wildman–Crippen LogP) is 4.10. The lowest BCUT2D eigenvalue weighted by Gasteiger charge is -2.28. The van der Waals surface area contributed by atoms with E-state index in [9.17, 15) is 9.18 Å². The minimum Gasteiger partial charge on any atom is -0.334 e. The Morgan fingerprint density at radius 2 is 2.05 bits per heavy atom. The van der Waals surface area contributed by atoms with E-state index in [1.54, 1.807) is 11.0 Å². The predicted molar refractivity (Wildman–Crippen MR) is 75.4 cm³/mol. The Morgan fingerprint density at radius 3 is 2.68 bits per heavy atom. The highest BCUT2D eigenvalue weighted by molar-refractivity contribution is 6.31. The normalized spacial score (nSPS) is 15.7. The molecule has 0 bridgehead atoms. The van der Waals surface area contributed by atoms with Gasteiger partial charge in [-0.25, -0.2) is 4.39 Å². The van der Waals surface area contributed by atoms with Crippen molar-refractivity contribution in [3.05, 3.63) is 34.6 Å². The van der Waals surface area contributed by atoms with Crippen LogP contribution in [0.25, 0.3) is 0 Å². The van der Waals surface area contributed by atoms with Crippen LogP contribution in [0.4, 0.5) is 4.39 Å². The molecular weight excluding hydrogens is 288 g/mol. The molecule has 1 aliphatic rings. The summed E-state index contributed by atoms with van der Waals surface area (Å²) in [5.41, 5.74) is 0.0320. The van der Waals surface area contributed by atoms with Gasteiger partial charge in [-0.1, -0.05) is 30.5 Å². The van der Waals surface area contributed by atoms with Crippen LogP contribution < -0.4 is 0 Å². The third-order valence-corrected chi connectivity index (χ3v) is 3.99. The van der Waals surface area contributed by atoms with Gasteiger partial charge >= 0.3 is 0 Å². The Labute approximate surface area is 122 Å². The Kier molecular flexibility index (Phi) is 5.06. The van der Waals surface area contributed by atoms with Crippen LogP contribution in [0.15, 0.2) is 18.2 Å². The van der Waals surface area contributed by atoms with E-state index >= 15 is 0 Å². The number of halogens is 3. The molecule has 0 N–H and O–H groups in total. The zero-order valence-electron chi connectivity index (χ0n) is 10.5. The van der Waals surface area contributed by atoms with Crippen molar-refractivity contribution >= 4 is 29.1 Å². The monoisotopic (exact) mass is 303 g/mol. The molecule has 0 aliphatic heterocycles. The van der Waals surface area contributed by atoms with Crippen LogP contribution in [-0.2, 0) is 0 Å². The van der Waals surface area contributed by atoms with E-state index in [4.69, 9.17) is 23.2 Å². The summed E-state index contributed by atoms with van der Waals surface area (Å²) in [5, 5.41) is -0.0249. The summed E-state index contributed by atoms with van der Waals surface area (Å²) in [6.07, 6.45) is 4.14. The van der Waals surface area contributed by atoms with Crippen LogP contribution in [0.1, 0.15) is 36.0 Å². The van der Waals surface area contributed by atoms with Gasteiger partial charge in [-0.15, -0.1) is 11.6 Å². The first kappa shape index (κ1) is 14.6. The maximum atomic E-state index is 13.9. The smallest absolute Gasteiger partial charge is 0.257 e.